The van der Waals surface area contributed by atoms with Gasteiger partial charge in [-0.05, 0) is 37.9 Å². The van der Waals surface area contributed by atoms with Crippen molar-refractivity contribution in [2.24, 2.45) is 0 Å². The maximum absolute atomic E-state index is 12.5. The monoisotopic (exact) mass is 342 g/mol. The summed E-state index contributed by atoms with van der Waals surface area (Å²) in [6.07, 6.45) is 7.73. The maximum Gasteiger partial charge on any atom is 0.222 e. The summed E-state index contributed by atoms with van der Waals surface area (Å²) >= 11 is 0. The average Bonchev–Trinajstić information content (AvgIpc) is 2.91. The number of hydrogen-bond acceptors (Lipinski definition) is 5. The number of nitrogens with zero attached hydrogens (tertiary/aromatic N) is 6. The fourth-order valence-electron chi connectivity index (χ4n) is 3.18. The zero-order valence-electron chi connectivity index (χ0n) is 14.8. The second kappa shape index (κ2) is 8.71. The van der Waals surface area contributed by atoms with E-state index in [1.807, 2.05) is 30.2 Å². The molecule has 25 heavy (non-hydrogen) atoms. The molecule has 0 bridgehead atoms. The number of aryl methyl sites for hydroxylation is 2. The number of rotatable bonds is 6. The van der Waals surface area contributed by atoms with E-state index in [9.17, 15) is 4.79 Å². The summed E-state index contributed by atoms with van der Waals surface area (Å²) < 4.78 is 2.07. The van der Waals surface area contributed by atoms with E-state index in [2.05, 4.69) is 24.6 Å². The van der Waals surface area contributed by atoms with Gasteiger partial charge in [0.25, 0.3) is 0 Å². The molecular formula is C18H26N6O. The summed E-state index contributed by atoms with van der Waals surface area (Å²) in [7, 11) is 0. The smallest absolute Gasteiger partial charge is 0.222 e. The van der Waals surface area contributed by atoms with Gasteiger partial charge in [-0.1, -0.05) is 6.07 Å². The first-order valence-electron chi connectivity index (χ1n) is 8.96. The molecule has 134 valence electrons. The first kappa shape index (κ1) is 17.5. The third-order valence-electron chi connectivity index (χ3n) is 4.76. The van der Waals surface area contributed by atoms with Crippen molar-refractivity contribution in [2.45, 2.75) is 32.7 Å². The number of carbonyl (C=O) groups is 1. The molecule has 0 unspecified atom stereocenters. The summed E-state index contributed by atoms with van der Waals surface area (Å²) in [4.78, 5) is 21.0. The average molecular weight is 342 g/mol. The molecule has 0 spiro atoms. The third-order valence-corrected chi connectivity index (χ3v) is 4.76. The first-order chi connectivity index (χ1) is 12.2. The molecule has 0 atom stereocenters. The molecule has 3 rings (SSSR count). The van der Waals surface area contributed by atoms with Crippen molar-refractivity contribution in [1.82, 2.24) is 29.5 Å². The van der Waals surface area contributed by atoms with Crippen molar-refractivity contribution in [3.8, 4) is 0 Å². The Labute approximate surface area is 148 Å². The van der Waals surface area contributed by atoms with E-state index in [1.54, 1.807) is 12.5 Å². The van der Waals surface area contributed by atoms with Crippen LogP contribution in [0.2, 0.25) is 0 Å². The van der Waals surface area contributed by atoms with E-state index in [0.717, 1.165) is 63.5 Å². The molecule has 0 aliphatic carbocycles. The normalized spacial score (nSPS) is 16.0. The van der Waals surface area contributed by atoms with Crippen LogP contribution in [0.25, 0.3) is 0 Å². The van der Waals surface area contributed by atoms with Gasteiger partial charge in [0, 0.05) is 51.5 Å². The van der Waals surface area contributed by atoms with Crippen LogP contribution in [-0.4, -0.2) is 68.2 Å². The Morgan fingerprint density at radius 3 is 2.88 bits per heavy atom. The van der Waals surface area contributed by atoms with Crippen LogP contribution in [-0.2, 0) is 17.8 Å². The third kappa shape index (κ3) is 5.09. The summed E-state index contributed by atoms with van der Waals surface area (Å²) in [5, 5.41) is 7.94. The zero-order chi connectivity index (χ0) is 17.5. The van der Waals surface area contributed by atoms with E-state index < -0.39 is 0 Å². The predicted molar refractivity (Wildman–Crippen MR) is 95.0 cm³/mol. The first-order valence-corrected chi connectivity index (χ1v) is 8.96. The summed E-state index contributed by atoms with van der Waals surface area (Å²) in [6.45, 7) is 7.47. The van der Waals surface area contributed by atoms with Gasteiger partial charge < -0.3 is 9.47 Å². The van der Waals surface area contributed by atoms with Gasteiger partial charge in [-0.15, -0.1) is 10.2 Å². The lowest BCUT2D eigenvalue weighted by molar-refractivity contribution is -0.131. The van der Waals surface area contributed by atoms with E-state index >= 15 is 0 Å². The molecule has 7 nitrogen and oxygen atoms in total. The number of carbonyl (C=O) groups excluding carboxylic acids is 1. The SMILES string of the molecule is Cc1nncn1CCN1CCCN(C(=O)CCc2cccnc2)CC1. The molecule has 2 aromatic heterocycles. The van der Waals surface area contributed by atoms with E-state index in [-0.39, 0.29) is 5.91 Å². The lowest BCUT2D eigenvalue weighted by atomic mass is 10.1. The Bertz CT molecular complexity index is 671. The zero-order valence-corrected chi connectivity index (χ0v) is 14.8. The number of amides is 1. The predicted octanol–water partition coefficient (Wildman–Crippen LogP) is 1.15. The van der Waals surface area contributed by atoms with Crippen LogP contribution in [0.5, 0.6) is 0 Å². The molecule has 1 amide bonds. The van der Waals surface area contributed by atoms with Crippen LogP contribution >= 0.6 is 0 Å². The molecule has 2 aromatic rings. The number of aromatic nitrogens is 4. The van der Waals surface area contributed by atoms with Crippen LogP contribution < -0.4 is 0 Å². The molecule has 3 heterocycles. The van der Waals surface area contributed by atoms with Crippen molar-refractivity contribution in [3.63, 3.8) is 0 Å². The summed E-state index contributed by atoms with van der Waals surface area (Å²) in [5.74, 6) is 1.20. The van der Waals surface area contributed by atoms with Crippen molar-refractivity contribution in [1.29, 1.82) is 0 Å². The van der Waals surface area contributed by atoms with E-state index in [0.29, 0.717) is 6.42 Å². The van der Waals surface area contributed by atoms with Crippen molar-refractivity contribution < 1.29 is 4.79 Å². The molecule has 0 saturated carbocycles. The minimum Gasteiger partial charge on any atom is -0.341 e. The van der Waals surface area contributed by atoms with Gasteiger partial charge in [0.1, 0.15) is 12.2 Å². The highest BCUT2D eigenvalue weighted by Gasteiger charge is 2.19. The minimum atomic E-state index is 0.250. The fourth-order valence-corrected chi connectivity index (χ4v) is 3.18. The molecule has 1 aliphatic heterocycles. The second-order valence-corrected chi connectivity index (χ2v) is 6.51. The molecule has 1 saturated heterocycles. The number of pyridine rings is 1. The minimum absolute atomic E-state index is 0.250. The van der Waals surface area contributed by atoms with Gasteiger partial charge in [-0.3, -0.25) is 14.7 Å². The number of hydrogen-bond donors (Lipinski definition) is 0. The van der Waals surface area contributed by atoms with Crippen LogP contribution in [0.4, 0.5) is 0 Å². The largest absolute Gasteiger partial charge is 0.341 e. The molecule has 7 heteroatoms. The molecule has 1 aliphatic rings. The highest BCUT2D eigenvalue weighted by molar-refractivity contribution is 5.76. The molecule has 0 N–H and O–H groups in total. The van der Waals surface area contributed by atoms with Crippen LogP contribution in [0.1, 0.15) is 24.2 Å². The Balaban J connectivity index is 1.43. The Morgan fingerprint density at radius 2 is 2.12 bits per heavy atom. The second-order valence-electron chi connectivity index (χ2n) is 6.51. The van der Waals surface area contributed by atoms with Gasteiger partial charge in [0.2, 0.25) is 5.91 Å². The highest BCUT2D eigenvalue weighted by atomic mass is 16.2. The van der Waals surface area contributed by atoms with Gasteiger partial charge in [0.15, 0.2) is 0 Å². The lowest BCUT2D eigenvalue weighted by Gasteiger charge is -2.22. The Kier molecular flexibility index (Phi) is 6.11. The van der Waals surface area contributed by atoms with Gasteiger partial charge in [0.05, 0.1) is 0 Å². The van der Waals surface area contributed by atoms with E-state index in [4.69, 9.17) is 0 Å². The van der Waals surface area contributed by atoms with Crippen molar-refractivity contribution in [2.75, 3.05) is 32.7 Å². The fraction of sp³-hybridized carbons (Fsp3) is 0.556. The van der Waals surface area contributed by atoms with Gasteiger partial charge >= 0.3 is 0 Å². The summed E-state index contributed by atoms with van der Waals surface area (Å²) in [6, 6.07) is 3.94. The van der Waals surface area contributed by atoms with Gasteiger partial charge in [-0.2, -0.15) is 0 Å². The lowest BCUT2D eigenvalue weighted by Crippen LogP contribution is -2.36. The van der Waals surface area contributed by atoms with Crippen LogP contribution in [0, 0.1) is 6.92 Å². The van der Waals surface area contributed by atoms with E-state index in [1.165, 1.54) is 0 Å². The highest BCUT2D eigenvalue weighted by Crippen LogP contribution is 2.08. The van der Waals surface area contributed by atoms with Crippen molar-refractivity contribution in [3.05, 3.63) is 42.2 Å². The van der Waals surface area contributed by atoms with Crippen LogP contribution in [0.15, 0.2) is 30.9 Å². The van der Waals surface area contributed by atoms with Crippen molar-refractivity contribution >= 4 is 5.91 Å². The molecular weight excluding hydrogens is 316 g/mol. The van der Waals surface area contributed by atoms with Crippen LogP contribution in [0.3, 0.4) is 0 Å². The molecule has 1 fully saturated rings. The topological polar surface area (TPSA) is 67.2 Å². The Hall–Kier alpha value is -2.28. The summed E-state index contributed by atoms with van der Waals surface area (Å²) in [5.41, 5.74) is 1.12. The molecule has 0 aromatic carbocycles. The quantitative estimate of drug-likeness (QED) is 0.788. The van der Waals surface area contributed by atoms with Gasteiger partial charge in [-0.25, -0.2) is 0 Å². The standard InChI is InChI=1S/C18H26N6O/c1-16-21-20-15-24(16)13-11-22-8-3-9-23(12-10-22)18(25)6-5-17-4-2-7-19-14-17/h2,4,7,14-15H,3,5-6,8-13H2,1H3. The maximum atomic E-state index is 12.5. The molecule has 0 radical (unpaired) electrons. The Morgan fingerprint density at radius 1 is 1.20 bits per heavy atom.